The zero-order chi connectivity index (χ0) is 42.5. The van der Waals surface area contributed by atoms with Gasteiger partial charge in [0, 0.05) is 36.5 Å². The van der Waals surface area contributed by atoms with Crippen molar-refractivity contribution in [2.45, 2.75) is 60.4 Å². The maximum Gasteiger partial charge on any atom is 0.508 e. The number of hydrogen-bond donors (Lipinski definition) is 1. The van der Waals surface area contributed by atoms with E-state index >= 15 is 0 Å². The van der Waals surface area contributed by atoms with Gasteiger partial charge in [0.05, 0.1) is 44.5 Å². The first-order valence-electron chi connectivity index (χ1n) is 17.9. The van der Waals surface area contributed by atoms with E-state index in [-0.39, 0.29) is 61.6 Å². The highest BCUT2D eigenvalue weighted by molar-refractivity contribution is 6.67. The number of carbonyl (C=O) groups is 2. The molecule has 0 spiro atoms. The van der Waals surface area contributed by atoms with Crippen LogP contribution in [0.25, 0.3) is 0 Å². The number of methoxy groups -OCH3 is 4. The largest absolute Gasteiger partial charge is 0.508 e. The van der Waals surface area contributed by atoms with Gasteiger partial charge in [0.2, 0.25) is 3.79 Å². The van der Waals surface area contributed by atoms with E-state index in [4.69, 9.17) is 82.2 Å². The zero-order valence-corrected chi connectivity index (χ0v) is 35.1. The van der Waals surface area contributed by atoms with Crippen LogP contribution in [-0.2, 0) is 34.8 Å². The molecule has 0 radical (unpaired) electrons. The predicted octanol–water partition coefficient (Wildman–Crippen LogP) is 6.68. The van der Waals surface area contributed by atoms with Crippen molar-refractivity contribution >= 4 is 47.1 Å². The number of aryl methyl sites for hydroxylation is 1. The molecule has 5 rings (SSSR count). The first-order chi connectivity index (χ1) is 27.7. The predicted molar refractivity (Wildman–Crippen MR) is 210 cm³/mol. The number of piperazine rings is 1. The molecule has 3 heterocycles. The maximum absolute atomic E-state index is 14.4. The van der Waals surface area contributed by atoms with E-state index < -0.39 is 65.6 Å². The third-order valence-corrected chi connectivity index (χ3v) is 10.4. The number of hydrogen-bond acceptors (Lipinski definition) is 15. The van der Waals surface area contributed by atoms with E-state index in [2.05, 4.69) is 19.2 Å². The lowest BCUT2D eigenvalue weighted by molar-refractivity contribution is -0.169. The first kappa shape index (κ1) is 44.8. The SMILES string of the molecule is C=CCOC(=O)N1[C@@H]2c3c(cc(C)c(OC)c3OCC=C)C[C@H]1[C@H](C#N)N1[C@H]2[C@H](OCOC)c2c(OCOC)c(C)c(OC)c(O)c2[C@@H]1COC(=O)OCC(Cl)(Cl)Cl. The molecule has 0 aliphatic carbocycles. The van der Waals surface area contributed by atoms with Crippen LogP contribution in [0.3, 0.4) is 0 Å². The van der Waals surface area contributed by atoms with Crippen LogP contribution in [-0.4, -0.2) is 118 Å². The molecule has 1 N–H and O–H groups in total. The van der Waals surface area contributed by atoms with Gasteiger partial charge in [0.25, 0.3) is 0 Å². The van der Waals surface area contributed by atoms with Crippen molar-refractivity contribution in [2.75, 3.05) is 68.5 Å². The molecule has 3 aliphatic rings. The Balaban J connectivity index is 1.91. The molecule has 1 amide bonds. The van der Waals surface area contributed by atoms with Gasteiger partial charge in [-0.3, -0.25) is 9.80 Å². The second kappa shape index (κ2) is 19.2. The monoisotopic (exact) mass is 869 g/mol. The average Bonchev–Trinajstić information content (AvgIpc) is 3.18. The third kappa shape index (κ3) is 8.53. The van der Waals surface area contributed by atoms with Gasteiger partial charge >= 0.3 is 12.2 Å². The van der Waals surface area contributed by atoms with Crippen molar-refractivity contribution in [3.05, 3.63) is 64.8 Å². The number of phenols is 1. The molecule has 2 bridgehead atoms. The summed E-state index contributed by atoms with van der Waals surface area (Å²) in [5, 5.41) is 23.4. The van der Waals surface area contributed by atoms with Gasteiger partial charge in [-0.2, -0.15) is 5.26 Å². The Morgan fingerprint density at radius 1 is 0.931 bits per heavy atom. The van der Waals surface area contributed by atoms with Crippen LogP contribution in [0.1, 0.15) is 51.6 Å². The van der Waals surface area contributed by atoms with Crippen molar-refractivity contribution in [1.82, 2.24) is 9.80 Å². The molecule has 2 aromatic rings. The van der Waals surface area contributed by atoms with Gasteiger partial charge < -0.3 is 52.5 Å². The molecule has 19 heteroatoms. The van der Waals surface area contributed by atoms with Crippen molar-refractivity contribution < 1.29 is 62.1 Å². The second-order valence-corrected chi connectivity index (χ2v) is 15.9. The number of phenolic OH excluding ortho intramolecular Hbond substituents is 1. The van der Waals surface area contributed by atoms with Gasteiger partial charge in [-0.1, -0.05) is 66.2 Å². The quantitative estimate of drug-likeness (QED) is 0.0817. The van der Waals surface area contributed by atoms with Crippen LogP contribution in [0.15, 0.2) is 31.4 Å². The van der Waals surface area contributed by atoms with E-state index in [1.54, 1.807) is 17.9 Å². The minimum atomic E-state index is -1.94. The first-order valence-corrected chi connectivity index (χ1v) is 19.1. The summed E-state index contributed by atoms with van der Waals surface area (Å²) in [6.45, 7) is 9.28. The number of carbonyl (C=O) groups excluding carboxylic acids is 2. The molecule has 0 saturated carbocycles. The summed E-state index contributed by atoms with van der Waals surface area (Å²) < 4.78 is 56.1. The highest BCUT2D eigenvalue weighted by Gasteiger charge is 2.62. The fraction of sp³-hybridized carbons (Fsp3) is 0.513. The smallest absolute Gasteiger partial charge is 0.504 e. The van der Waals surface area contributed by atoms with Crippen LogP contribution in [0.5, 0.6) is 28.7 Å². The Bertz CT molecular complexity index is 1920. The third-order valence-electron chi connectivity index (χ3n) is 10.1. The fourth-order valence-electron chi connectivity index (χ4n) is 8.20. The second-order valence-electron chi connectivity index (χ2n) is 13.4. The van der Waals surface area contributed by atoms with E-state index in [0.717, 1.165) is 11.1 Å². The minimum Gasteiger partial charge on any atom is -0.504 e. The molecule has 6 atom stereocenters. The Labute approximate surface area is 351 Å². The van der Waals surface area contributed by atoms with Gasteiger partial charge in [-0.15, -0.1) is 0 Å². The highest BCUT2D eigenvalue weighted by Crippen LogP contribution is 2.61. The van der Waals surface area contributed by atoms with Crippen molar-refractivity contribution in [3.8, 4) is 34.8 Å². The van der Waals surface area contributed by atoms with E-state index in [0.29, 0.717) is 22.6 Å². The topological polar surface area (TPSA) is 177 Å². The summed E-state index contributed by atoms with van der Waals surface area (Å²) in [6.07, 6.45) is 0.0172. The summed E-state index contributed by atoms with van der Waals surface area (Å²) >= 11 is 17.5. The Kier molecular flexibility index (Phi) is 14.8. The molecule has 316 valence electrons. The summed E-state index contributed by atoms with van der Waals surface area (Å²) in [7, 11) is 5.74. The van der Waals surface area contributed by atoms with E-state index in [9.17, 15) is 20.0 Å². The standard InChI is InChI=1S/C39H46Cl3N3O13/c1-9-11-53-36-26-22(13-20(3)32(36)51-7)14-23-24(15-43)44-25(16-55-38(48)56-17-39(40,41)42)27-28(33(57-18-49-5)21(4)34(52-8)31(27)46)35(58-19-50-6)30(44)29(26)45(23)37(47)54-12-10-2/h9-10,13,23-25,29-30,35,46H,1-2,11-12,14,16-19H2,3-8H3/t23-,24-,25-,29+,30+,35+/m0/s1. The lowest BCUT2D eigenvalue weighted by Gasteiger charge is -2.61. The number of amides is 1. The van der Waals surface area contributed by atoms with Crippen molar-refractivity contribution in [3.63, 3.8) is 0 Å². The molecule has 0 aromatic heterocycles. The highest BCUT2D eigenvalue weighted by atomic mass is 35.6. The van der Waals surface area contributed by atoms with Crippen LogP contribution < -0.4 is 18.9 Å². The molecule has 1 saturated heterocycles. The average molecular weight is 871 g/mol. The molecular formula is C39H46Cl3N3O13. The number of nitriles is 1. The van der Waals surface area contributed by atoms with Crippen LogP contribution in [0, 0.1) is 25.2 Å². The number of fused-ring (bicyclic) bond motifs is 7. The summed E-state index contributed by atoms with van der Waals surface area (Å²) in [6, 6.07) is -1.01. The zero-order valence-electron chi connectivity index (χ0n) is 32.9. The molecule has 58 heavy (non-hydrogen) atoms. The summed E-state index contributed by atoms with van der Waals surface area (Å²) in [5.41, 5.74) is 2.81. The number of benzene rings is 2. The molecule has 3 aliphatic heterocycles. The van der Waals surface area contributed by atoms with E-state index in [1.807, 2.05) is 13.0 Å². The minimum absolute atomic E-state index is 0.0311. The van der Waals surface area contributed by atoms with Crippen molar-refractivity contribution in [1.29, 1.82) is 5.26 Å². The fourth-order valence-corrected chi connectivity index (χ4v) is 8.36. The Morgan fingerprint density at radius 3 is 2.22 bits per heavy atom. The number of rotatable bonds is 16. The van der Waals surface area contributed by atoms with Crippen LogP contribution in [0.4, 0.5) is 9.59 Å². The van der Waals surface area contributed by atoms with Crippen LogP contribution in [0.2, 0.25) is 0 Å². The van der Waals surface area contributed by atoms with Gasteiger partial charge in [0.15, 0.2) is 29.8 Å². The molecule has 0 unspecified atom stereocenters. The molecular weight excluding hydrogens is 825 g/mol. The normalized spacial score (nSPS) is 22.0. The number of aromatic hydroxyl groups is 1. The number of nitrogens with zero attached hydrogens (tertiary/aromatic N) is 3. The Morgan fingerprint density at radius 2 is 1.62 bits per heavy atom. The summed E-state index contributed by atoms with van der Waals surface area (Å²) in [4.78, 5) is 30.8. The maximum atomic E-state index is 14.4. The lowest BCUT2D eigenvalue weighted by atomic mass is 9.70. The molecule has 2 aromatic carbocycles. The van der Waals surface area contributed by atoms with Gasteiger partial charge in [-0.05, 0) is 31.4 Å². The Hall–Kier alpha value is -4.34. The molecule has 16 nitrogen and oxygen atoms in total. The van der Waals surface area contributed by atoms with Crippen LogP contribution >= 0.6 is 34.8 Å². The number of halogens is 3. The lowest BCUT2D eigenvalue weighted by Crippen LogP contribution is -2.71. The van der Waals surface area contributed by atoms with Gasteiger partial charge in [0.1, 0.15) is 51.1 Å². The van der Waals surface area contributed by atoms with Crippen molar-refractivity contribution in [2.24, 2.45) is 0 Å². The number of alkyl halides is 3. The molecule has 1 fully saturated rings. The number of ether oxygens (including phenoxy) is 10. The van der Waals surface area contributed by atoms with E-state index in [1.165, 1.54) is 39.4 Å². The summed E-state index contributed by atoms with van der Waals surface area (Å²) in [5.74, 6) is 0.588. The van der Waals surface area contributed by atoms with Gasteiger partial charge in [-0.25, -0.2) is 9.59 Å².